The van der Waals surface area contributed by atoms with E-state index in [9.17, 15) is 18.0 Å². The van der Waals surface area contributed by atoms with E-state index in [1.807, 2.05) is 30.3 Å². The minimum Gasteiger partial charge on any atom is -0.481 e. The van der Waals surface area contributed by atoms with Gasteiger partial charge >= 0.3 is 12.1 Å². The number of aliphatic carboxylic acids is 1. The number of likely N-dealkylation sites (tertiary alicyclic amines) is 1. The van der Waals surface area contributed by atoms with Crippen LogP contribution in [-0.4, -0.2) is 45.4 Å². The van der Waals surface area contributed by atoms with Gasteiger partial charge < -0.3 is 9.63 Å². The molecule has 1 aliphatic rings. The highest BCUT2D eigenvalue weighted by molar-refractivity contribution is 5.71. The molecule has 2 heterocycles. The maximum atomic E-state index is 13.0. The van der Waals surface area contributed by atoms with Crippen molar-refractivity contribution in [1.29, 1.82) is 0 Å². The first kappa shape index (κ1) is 17.4. The van der Waals surface area contributed by atoms with Crippen molar-refractivity contribution in [3.05, 3.63) is 47.6 Å². The second-order valence-corrected chi connectivity index (χ2v) is 6.05. The quantitative estimate of drug-likeness (QED) is 0.887. The molecule has 1 aromatic carbocycles. The highest BCUT2D eigenvalue weighted by atomic mass is 19.4. The number of carbonyl (C=O) groups is 1. The van der Waals surface area contributed by atoms with Crippen LogP contribution >= 0.6 is 0 Å². The van der Waals surface area contributed by atoms with Gasteiger partial charge in [-0.3, -0.25) is 9.69 Å². The van der Waals surface area contributed by atoms with Crippen LogP contribution < -0.4 is 0 Å². The number of carboxylic acids is 1. The van der Waals surface area contributed by atoms with E-state index >= 15 is 0 Å². The van der Waals surface area contributed by atoms with Gasteiger partial charge in [0, 0.05) is 19.5 Å². The van der Waals surface area contributed by atoms with Crippen LogP contribution in [0.15, 0.2) is 34.9 Å². The van der Waals surface area contributed by atoms with E-state index in [0.29, 0.717) is 12.2 Å². The summed E-state index contributed by atoms with van der Waals surface area (Å²) >= 11 is 0. The fourth-order valence-electron chi connectivity index (χ4n) is 2.99. The molecule has 1 aliphatic heterocycles. The summed E-state index contributed by atoms with van der Waals surface area (Å²) in [6.07, 6.45) is -4.10. The molecule has 2 aromatic rings. The van der Waals surface area contributed by atoms with E-state index in [2.05, 4.69) is 10.1 Å². The number of halogens is 3. The Morgan fingerprint density at radius 3 is 2.60 bits per heavy atom. The fourth-order valence-corrected chi connectivity index (χ4v) is 2.99. The third kappa shape index (κ3) is 4.16. The number of rotatable bonds is 5. The molecule has 1 aromatic heterocycles. The highest BCUT2D eigenvalue weighted by Crippen LogP contribution is 2.38. The van der Waals surface area contributed by atoms with Crippen LogP contribution in [0.1, 0.15) is 17.3 Å². The van der Waals surface area contributed by atoms with Crippen molar-refractivity contribution in [3.8, 4) is 0 Å². The Hall–Kier alpha value is -2.42. The summed E-state index contributed by atoms with van der Waals surface area (Å²) in [6.45, 7) is -0.592. The van der Waals surface area contributed by atoms with Crippen LogP contribution in [0, 0.1) is 11.8 Å². The molecule has 3 rings (SSSR count). The topological polar surface area (TPSA) is 79.5 Å². The number of benzene rings is 1. The molecule has 2 atom stereocenters. The molecule has 0 saturated carbocycles. The van der Waals surface area contributed by atoms with Gasteiger partial charge in [0.2, 0.25) is 5.89 Å². The highest BCUT2D eigenvalue weighted by Gasteiger charge is 2.52. The maximum absolute atomic E-state index is 13.0. The molecule has 1 N–H and O–H groups in total. The minimum atomic E-state index is -4.55. The van der Waals surface area contributed by atoms with Crippen molar-refractivity contribution in [3.63, 3.8) is 0 Å². The Kier molecular flexibility index (Phi) is 4.76. The van der Waals surface area contributed by atoms with Crippen LogP contribution in [0.5, 0.6) is 0 Å². The van der Waals surface area contributed by atoms with E-state index in [1.54, 1.807) is 0 Å². The summed E-state index contributed by atoms with van der Waals surface area (Å²) in [6, 6.07) is 9.45. The van der Waals surface area contributed by atoms with Crippen molar-refractivity contribution in [2.24, 2.45) is 11.8 Å². The van der Waals surface area contributed by atoms with Gasteiger partial charge in [0.05, 0.1) is 18.4 Å². The first-order chi connectivity index (χ1) is 11.8. The lowest BCUT2D eigenvalue weighted by atomic mass is 9.96. The molecule has 134 valence electrons. The molecule has 0 amide bonds. The zero-order chi connectivity index (χ0) is 18.0. The second-order valence-electron chi connectivity index (χ2n) is 6.05. The molecule has 0 bridgehead atoms. The van der Waals surface area contributed by atoms with Gasteiger partial charge in [0.25, 0.3) is 0 Å². The second kappa shape index (κ2) is 6.83. The van der Waals surface area contributed by atoms with Gasteiger partial charge in [-0.2, -0.15) is 18.2 Å². The van der Waals surface area contributed by atoms with Crippen LogP contribution in [0.4, 0.5) is 13.2 Å². The molecule has 6 nitrogen and oxygen atoms in total. The zero-order valence-corrected chi connectivity index (χ0v) is 13.1. The van der Waals surface area contributed by atoms with Crippen molar-refractivity contribution in [2.75, 3.05) is 13.1 Å². The van der Waals surface area contributed by atoms with Gasteiger partial charge in [-0.15, -0.1) is 0 Å². The number of nitrogens with zero attached hydrogens (tertiary/aromatic N) is 3. The number of hydrogen-bond acceptors (Lipinski definition) is 5. The van der Waals surface area contributed by atoms with Gasteiger partial charge in [0.15, 0.2) is 5.82 Å². The lowest BCUT2D eigenvalue weighted by Gasteiger charge is -2.17. The predicted molar refractivity (Wildman–Crippen MR) is 79.5 cm³/mol. The molecule has 0 unspecified atom stereocenters. The summed E-state index contributed by atoms with van der Waals surface area (Å²) in [5.74, 6) is -4.20. The van der Waals surface area contributed by atoms with E-state index in [0.717, 1.165) is 5.56 Å². The number of hydrogen-bond donors (Lipinski definition) is 1. The van der Waals surface area contributed by atoms with Crippen molar-refractivity contribution < 1.29 is 27.6 Å². The van der Waals surface area contributed by atoms with E-state index < -0.39 is 30.5 Å². The third-order valence-corrected chi connectivity index (χ3v) is 4.21. The monoisotopic (exact) mass is 355 g/mol. The lowest BCUT2D eigenvalue weighted by Crippen LogP contribution is -2.33. The Bertz CT molecular complexity index is 733. The molecular weight excluding hydrogens is 339 g/mol. The Morgan fingerprint density at radius 2 is 2.00 bits per heavy atom. The SMILES string of the molecule is O=C(O)[C@@H]1CN(Cc2nc(Cc3ccccc3)no2)C[C@H]1C(F)(F)F. The van der Waals surface area contributed by atoms with E-state index in [1.165, 1.54) is 4.90 Å². The molecule has 25 heavy (non-hydrogen) atoms. The maximum Gasteiger partial charge on any atom is 0.393 e. The molecule has 0 aliphatic carbocycles. The minimum absolute atomic E-state index is 0.00184. The summed E-state index contributed by atoms with van der Waals surface area (Å²) in [4.78, 5) is 16.6. The number of carboxylic acid groups (broad SMARTS) is 1. The average molecular weight is 355 g/mol. The first-order valence-corrected chi connectivity index (χ1v) is 7.70. The summed E-state index contributed by atoms with van der Waals surface area (Å²) < 4.78 is 44.0. The first-order valence-electron chi connectivity index (χ1n) is 7.70. The summed E-state index contributed by atoms with van der Waals surface area (Å²) in [7, 11) is 0. The molecule has 9 heteroatoms. The van der Waals surface area contributed by atoms with Crippen molar-refractivity contribution in [1.82, 2.24) is 15.0 Å². The molecule has 1 fully saturated rings. The van der Waals surface area contributed by atoms with Crippen LogP contribution in [0.25, 0.3) is 0 Å². The molecule has 0 radical (unpaired) electrons. The van der Waals surface area contributed by atoms with Crippen LogP contribution in [0.2, 0.25) is 0 Å². The normalized spacial score (nSPS) is 21.6. The Labute approximate surface area is 141 Å². The van der Waals surface area contributed by atoms with Gasteiger partial charge in [-0.25, -0.2) is 0 Å². The van der Waals surface area contributed by atoms with E-state index in [-0.39, 0.29) is 19.0 Å². The van der Waals surface area contributed by atoms with E-state index in [4.69, 9.17) is 9.63 Å². The molecule has 1 saturated heterocycles. The number of alkyl halides is 3. The lowest BCUT2D eigenvalue weighted by molar-refractivity contribution is -0.188. The molecule has 0 spiro atoms. The third-order valence-electron chi connectivity index (χ3n) is 4.21. The Morgan fingerprint density at radius 1 is 1.28 bits per heavy atom. The van der Waals surface area contributed by atoms with Crippen LogP contribution in [0.3, 0.4) is 0 Å². The zero-order valence-electron chi connectivity index (χ0n) is 13.1. The number of aromatic nitrogens is 2. The van der Waals surface area contributed by atoms with Gasteiger partial charge in [-0.05, 0) is 5.56 Å². The van der Waals surface area contributed by atoms with Gasteiger partial charge in [-0.1, -0.05) is 35.5 Å². The summed E-state index contributed by atoms with van der Waals surface area (Å²) in [5, 5.41) is 12.8. The fraction of sp³-hybridized carbons (Fsp3) is 0.438. The predicted octanol–water partition coefficient (Wildman–Crippen LogP) is 2.36. The standard InChI is InChI=1S/C16H16F3N3O3/c17-16(18,19)12-8-22(7-11(12)15(23)24)9-14-20-13(21-25-14)6-10-4-2-1-3-5-10/h1-5,11-12H,6-9H2,(H,23,24)/t11-,12-/m1/s1. The smallest absolute Gasteiger partial charge is 0.393 e. The average Bonchev–Trinajstić information content (AvgIpc) is 3.15. The van der Waals surface area contributed by atoms with Gasteiger partial charge in [0.1, 0.15) is 0 Å². The van der Waals surface area contributed by atoms with Crippen LogP contribution in [-0.2, 0) is 17.8 Å². The summed E-state index contributed by atoms with van der Waals surface area (Å²) in [5.41, 5.74) is 0.985. The Balaban J connectivity index is 1.64. The van der Waals surface area contributed by atoms with Crippen molar-refractivity contribution in [2.45, 2.75) is 19.1 Å². The molecular formula is C16H16F3N3O3. The largest absolute Gasteiger partial charge is 0.481 e. The van der Waals surface area contributed by atoms with Crippen molar-refractivity contribution >= 4 is 5.97 Å².